The fourth-order valence-corrected chi connectivity index (χ4v) is 1.76. The van der Waals surface area contributed by atoms with Crippen LogP contribution < -0.4 is 11.3 Å². The molecule has 1 aromatic carbocycles. The molecular formula is C11H9Cl3N4O2. The van der Waals surface area contributed by atoms with E-state index in [2.05, 4.69) is 15.4 Å². The minimum absolute atomic E-state index is 0.0830. The maximum atomic E-state index is 10.3. The maximum absolute atomic E-state index is 10.3. The first-order chi connectivity index (χ1) is 9.49. The topological polar surface area (TPSA) is 101 Å². The van der Waals surface area contributed by atoms with E-state index in [1.807, 2.05) is 0 Å². The van der Waals surface area contributed by atoms with Crippen LogP contribution >= 0.6 is 34.8 Å². The summed E-state index contributed by atoms with van der Waals surface area (Å²) >= 11 is 16.6. The molecule has 0 aliphatic heterocycles. The van der Waals surface area contributed by atoms with Gasteiger partial charge in [0.05, 0.1) is 10.6 Å². The van der Waals surface area contributed by atoms with Gasteiger partial charge in [0, 0.05) is 17.4 Å². The van der Waals surface area contributed by atoms with Gasteiger partial charge in [-0.3, -0.25) is 4.79 Å². The number of phenolic OH excluding ortho intramolecular Hbond substituents is 1. The molecule has 1 heterocycles. The van der Waals surface area contributed by atoms with Crippen molar-refractivity contribution < 1.29 is 9.90 Å². The Balaban J connectivity index is 0.000000204. The Kier molecular flexibility index (Phi) is 6.47. The predicted molar refractivity (Wildman–Crippen MR) is 78.4 cm³/mol. The number of carbonyl (C=O) groups excluding carboxylic acids is 1. The Morgan fingerprint density at radius 1 is 1.20 bits per heavy atom. The number of aromatic hydroxyl groups is 1. The SMILES string of the molecule is NNc1nccnc1Cl.O=Cc1cc(Cl)cc(Cl)c1O. The number of aromatic nitrogens is 2. The quantitative estimate of drug-likeness (QED) is 0.443. The van der Waals surface area contributed by atoms with E-state index in [-0.39, 0.29) is 21.5 Å². The predicted octanol–water partition coefficient (Wildman–Crippen LogP) is 2.93. The summed E-state index contributed by atoms with van der Waals surface area (Å²) < 4.78 is 0. The highest BCUT2D eigenvalue weighted by Crippen LogP contribution is 2.29. The maximum Gasteiger partial charge on any atom is 0.178 e. The van der Waals surface area contributed by atoms with Gasteiger partial charge < -0.3 is 10.5 Å². The van der Waals surface area contributed by atoms with E-state index in [1.165, 1.54) is 24.5 Å². The Morgan fingerprint density at radius 3 is 2.35 bits per heavy atom. The van der Waals surface area contributed by atoms with Gasteiger partial charge in [-0.25, -0.2) is 15.8 Å². The molecule has 2 rings (SSSR count). The molecule has 0 aliphatic rings. The third-order valence-electron chi connectivity index (χ3n) is 1.97. The van der Waals surface area contributed by atoms with E-state index in [0.29, 0.717) is 17.1 Å². The van der Waals surface area contributed by atoms with Crippen LogP contribution in [-0.2, 0) is 0 Å². The van der Waals surface area contributed by atoms with Crippen molar-refractivity contribution in [2.45, 2.75) is 0 Å². The number of carbonyl (C=O) groups is 1. The van der Waals surface area contributed by atoms with Gasteiger partial charge >= 0.3 is 0 Å². The van der Waals surface area contributed by atoms with Crippen LogP contribution in [0.3, 0.4) is 0 Å². The summed E-state index contributed by atoms with van der Waals surface area (Å²) in [5.74, 6) is 5.17. The molecule has 0 bridgehead atoms. The number of rotatable bonds is 2. The second-order valence-electron chi connectivity index (χ2n) is 3.28. The molecular weight excluding hydrogens is 327 g/mol. The lowest BCUT2D eigenvalue weighted by atomic mass is 10.2. The van der Waals surface area contributed by atoms with Crippen molar-refractivity contribution in [2.75, 3.05) is 5.43 Å². The van der Waals surface area contributed by atoms with Crippen molar-refractivity contribution >= 4 is 46.9 Å². The number of halogens is 3. The number of nitrogens with one attached hydrogen (secondary N) is 1. The van der Waals surface area contributed by atoms with E-state index in [9.17, 15) is 4.79 Å². The van der Waals surface area contributed by atoms with Crippen molar-refractivity contribution in [3.63, 3.8) is 0 Å². The lowest BCUT2D eigenvalue weighted by Gasteiger charge is -1.99. The Labute approximate surface area is 129 Å². The second-order valence-corrected chi connectivity index (χ2v) is 4.49. The minimum Gasteiger partial charge on any atom is -0.506 e. The summed E-state index contributed by atoms with van der Waals surface area (Å²) in [6.45, 7) is 0. The number of phenols is 1. The lowest BCUT2D eigenvalue weighted by Crippen LogP contribution is -2.09. The molecule has 0 radical (unpaired) electrons. The fourth-order valence-electron chi connectivity index (χ4n) is 1.09. The van der Waals surface area contributed by atoms with Crippen molar-refractivity contribution in [3.05, 3.63) is 45.3 Å². The summed E-state index contributed by atoms with van der Waals surface area (Å²) in [7, 11) is 0. The van der Waals surface area contributed by atoms with Gasteiger partial charge in [-0.15, -0.1) is 0 Å². The molecule has 20 heavy (non-hydrogen) atoms. The molecule has 2 aromatic rings. The van der Waals surface area contributed by atoms with E-state index in [1.54, 1.807) is 0 Å². The number of nitrogens with zero attached hydrogens (tertiary/aromatic N) is 2. The monoisotopic (exact) mass is 334 g/mol. The molecule has 0 spiro atoms. The van der Waals surface area contributed by atoms with E-state index < -0.39 is 0 Å². The number of anilines is 1. The molecule has 4 N–H and O–H groups in total. The van der Waals surface area contributed by atoms with Crippen molar-refractivity contribution in [2.24, 2.45) is 5.84 Å². The summed E-state index contributed by atoms with van der Waals surface area (Å²) in [4.78, 5) is 17.7. The van der Waals surface area contributed by atoms with Crippen LogP contribution in [-0.4, -0.2) is 21.4 Å². The Hall–Kier alpha value is -1.60. The number of hydrogen-bond donors (Lipinski definition) is 3. The number of hydrazine groups is 1. The molecule has 1 aromatic heterocycles. The van der Waals surface area contributed by atoms with Gasteiger partial charge in [-0.1, -0.05) is 34.8 Å². The van der Waals surface area contributed by atoms with Gasteiger partial charge in [0.2, 0.25) is 0 Å². The zero-order valence-corrected chi connectivity index (χ0v) is 12.1. The molecule has 6 nitrogen and oxygen atoms in total. The van der Waals surface area contributed by atoms with Crippen LogP contribution in [0.15, 0.2) is 24.5 Å². The number of aldehydes is 1. The highest BCUT2D eigenvalue weighted by molar-refractivity contribution is 6.36. The summed E-state index contributed by atoms with van der Waals surface area (Å²) in [6.07, 6.45) is 3.48. The molecule has 0 atom stereocenters. The zero-order valence-electron chi connectivity index (χ0n) is 9.85. The first-order valence-corrected chi connectivity index (χ1v) is 6.19. The highest BCUT2D eigenvalue weighted by Gasteiger charge is 2.05. The third-order valence-corrected chi connectivity index (χ3v) is 2.76. The van der Waals surface area contributed by atoms with Crippen molar-refractivity contribution in [1.82, 2.24) is 9.97 Å². The summed E-state index contributed by atoms with van der Waals surface area (Å²) in [5.41, 5.74) is 2.39. The molecule has 0 unspecified atom stereocenters. The smallest absolute Gasteiger partial charge is 0.178 e. The van der Waals surface area contributed by atoms with Crippen LogP contribution in [0.1, 0.15) is 10.4 Å². The number of nitrogen functional groups attached to an aromatic ring is 1. The van der Waals surface area contributed by atoms with Crippen LogP contribution in [0.5, 0.6) is 5.75 Å². The molecule has 9 heteroatoms. The molecule has 0 saturated carbocycles. The number of hydrogen-bond acceptors (Lipinski definition) is 6. The zero-order chi connectivity index (χ0) is 15.1. The van der Waals surface area contributed by atoms with E-state index in [0.717, 1.165) is 0 Å². The highest BCUT2D eigenvalue weighted by atomic mass is 35.5. The summed E-state index contributed by atoms with van der Waals surface area (Å²) in [6, 6.07) is 2.71. The molecule has 0 saturated heterocycles. The number of benzene rings is 1. The Bertz CT molecular complexity index is 610. The Morgan fingerprint density at radius 2 is 1.85 bits per heavy atom. The molecule has 106 valence electrons. The van der Waals surface area contributed by atoms with Crippen LogP contribution in [0, 0.1) is 0 Å². The van der Waals surface area contributed by atoms with Crippen molar-refractivity contribution in [3.8, 4) is 5.75 Å². The standard InChI is InChI=1S/C7H4Cl2O2.C4H5ClN4/c8-5-1-4(3-10)7(11)6(9)2-5;5-3-4(9-6)8-2-1-7-3/h1-3,11H;1-2H,6H2,(H,8,9). The molecule has 0 aliphatic carbocycles. The van der Waals surface area contributed by atoms with Gasteiger partial charge in [0.25, 0.3) is 0 Å². The van der Waals surface area contributed by atoms with Gasteiger partial charge in [0.15, 0.2) is 17.3 Å². The minimum atomic E-state index is -0.230. The normalized spacial score (nSPS) is 9.40. The first-order valence-electron chi connectivity index (χ1n) is 5.06. The first kappa shape index (κ1) is 16.5. The van der Waals surface area contributed by atoms with E-state index >= 15 is 0 Å². The van der Waals surface area contributed by atoms with Gasteiger partial charge in [-0.2, -0.15) is 0 Å². The van der Waals surface area contributed by atoms with Crippen LogP contribution in [0.25, 0.3) is 0 Å². The van der Waals surface area contributed by atoms with Crippen molar-refractivity contribution in [1.29, 1.82) is 0 Å². The average Bonchev–Trinajstić information content (AvgIpc) is 2.44. The van der Waals surface area contributed by atoms with Gasteiger partial charge in [0.1, 0.15) is 5.75 Å². The van der Waals surface area contributed by atoms with E-state index in [4.69, 9.17) is 45.8 Å². The third kappa shape index (κ3) is 4.50. The lowest BCUT2D eigenvalue weighted by molar-refractivity contribution is 0.112. The largest absolute Gasteiger partial charge is 0.506 e. The van der Waals surface area contributed by atoms with Gasteiger partial charge in [-0.05, 0) is 12.1 Å². The fraction of sp³-hybridized carbons (Fsp3) is 0. The average molecular weight is 336 g/mol. The number of nitrogens with two attached hydrogens (primary N) is 1. The molecule has 0 fully saturated rings. The molecule has 0 amide bonds. The summed E-state index contributed by atoms with van der Waals surface area (Å²) in [5, 5.41) is 9.79. The second kappa shape index (κ2) is 7.86. The van der Waals surface area contributed by atoms with Crippen LogP contribution in [0.2, 0.25) is 15.2 Å². The van der Waals surface area contributed by atoms with Crippen LogP contribution in [0.4, 0.5) is 5.82 Å².